The van der Waals surface area contributed by atoms with Gasteiger partial charge in [0.2, 0.25) is 5.91 Å². The van der Waals surface area contributed by atoms with Gasteiger partial charge in [-0.1, -0.05) is 56.8 Å². The van der Waals surface area contributed by atoms with Crippen molar-refractivity contribution >= 4 is 40.4 Å². The number of carbonyl (C=O) groups is 1. The molecule has 8 nitrogen and oxygen atoms in total. The summed E-state index contributed by atoms with van der Waals surface area (Å²) >= 11 is 6.85. The largest absolute Gasteiger partial charge is 0.355 e. The molecule has 216 valence electrons. The molecule has 1 amide bonds. The van der Waals surface area contributed by atoms with E-state index < -0.39 is 18.0 Å². The van der Waals surface area contributed by atoms with Crippen LogP contribution in [0.5, 0.6) is 0 Å². The average Bonchev–Trinajstić information content (AvgIpc) is 2.97. The van der Waals surface area contributed by atoms with E-state index >= 15 is 4.39 Å². The Kier molecular flexibility index (Phi) is 7.25. The predicted molar refractivity (Wildman–Crippen MR) is 166 cm³/mol. The van der Waals surface area contributed by atoms with Gasteiger partial charge in [0.1, 0.15) is 11.6 Å². The molecule has 5 rings (SSSR count). The van der Waals surface area contributed by atoms with E-state index in [0.29, 0.717) is 42.2 Å². The number of fused-ring (bicyclic) bond motifs is 1. The fourth-order valence-corrected chi connectivity index (χ4v) is 5.74. The van der Waals surface area contributed by atoms with Crippen molar-refractivity contribution in [1.29, 1.82) is 0 Å². The number of hydrogen-bond donors (Lipinski definition) is 0. The molecule has 0 aliphatic carbocycles. The maximum Gasteiger partial charge on any atom is 0.355 e. The maximum atomic E-state index is 15.5. The Morgan fingerprint density at radius 3 is 2.76 bits per heavy atom. The summed E-state index contributed by atoms with van der Waals surface area (Å²) in [6.07, 6.45) is 4.17. The van der Waals surface area contributed by atoms with Crippen molar-refractivity contribution in [3.05, 3.63) is 93.9 Å². The summed E-state index contributed by atoms with van der Waals surface area (Å²) in [5.41, 5.74) is 1.86. The second-order valence-corrected chi connectivity index (χ2v) is 11.0. The third kappa shape index (κ3) is 4.98. The first-order valence-electron chi connectivity index (χ1n) is 14.6. The smallest absolute Gasteiger partial charge is 0.350 e. The number of pyridine rings is 2. The van der Waals surface area contributed by atoms with Crippen molar-refractivity contribution in [3.63, 3.8) is 0 Å². The Morgan fingerprint density at radius 1 is 1.29 bits per heavy atom. The molecule has 1 aliphatic heterocycles. The van der Waals surface area contributed by atoms with E-state index in [4.69, 9.17) is 19.3 Å². The standard InChI is InChI=1S/C32H32ClFN6O2/c1-7-21-10-9-11-24(34)26(21)28-23(33)16-22-30(39-15-14-38(17-20(39)6)25(41)8-2)37-32(42)40(31(22)36-28)29-19(5)12-13-35-27(29)18(3)4/h7-13,16,18,20H,1-2,14-15,17H2,3-6H3/t20-/m0/s1/i1D2,41+2. The Bertz CT molecular complexity index is 1890. The number of hydrogen-bond acceptors (Lipinski definition) is 6. The molecule has 1 saturated heterocycles. The number of carbonyl (C=O) groups excluding carboxylic acids is 1. The van der Waals surface area contributed by atoms with Crippen LogP contribution in [0.4, 0.5) is 10.2 Å². The van der Waals surface area contributed by atoms with Crippen molar-refractivity contribution in [3.8, 4) is 16.9 Å². The van der Waals surface area contributed by atoms with E-state index in [1.165, 1.54) is 28.9 Å². The number of piperazine rings is 1. The lowest BCUT2D eigenvalue weighted by molar-refractivity contribution is -0.126. The number of aromatic nitrogens is 4. The minimum atomic E-state index is -0.644. The fourth-order valence-electron chi connectivity index (χ4n) is 5.50. The van der Waals surface area contributed by atoms with Gasteiger partial charge < -0.3 is 9.80 Å². The monoisotopic (exact) mass is 590 g/mol. The molecule has 1 fully saturated rings. The molecule has 0 N–H and O–H groups in total. The first-order valence-corrected chi connectivity index (χ1v) is 14.0. The first kappa shape index (κ1) is 26.5. The zero-order chi connectivity index (χ0) is 31.9. The van der Waals surface area contributed by atoms with Gasteiger partial charge in [-0.3, -0.25) is 9.78 Å². The zero-order valence-electron chi connectivity index (χ0n) is 25.9. The van der Waals surface area contributed by atoms with Crippen LogP contribution in [0.1, 0.15) is 46.3 Å². The number of rotatable bonds is 6. The quantitative estimate of drug-likeness (QED) is 0.204. The number of nitrogens with zero attached hydrogens (tertiary/aromatic N) is 6. The summed E-state index contributed by atoms with van der Waals surface area (Å²) in [5.74, 6) is -0.523. The lowest BCUT2D eigenvalue weighted by Crippen LogP contribution is -2.54. The molecule has 4 aromatic rings. The van der Waals surface area contributed by atoms with Crippen LogP contribution >= 0.6 is 11.6 Å². The molecular formula is C32H32ClFN6O2. The van der Waals surface area contributed by atoms with E-state index in [1.54, 1.807) is 29.3 Å². The SMILES string of the molecule is [2H]C([2H])=Cc1cccc(F)c1-c1nc2c(cc1Cl)c(N1CCN(C(=[18O])C=C)C[C@@H]1C)nc(=O)n2-c1c(C)ccnc1C(C)C. The molecule has 0 unspecified atom stereocenters. The number of halogens is 2. The van der Waals surface area contributed by atoms with E-state index in [-0.39, 0.29) is 45.4 Å². The Labute approximate surface area is 251 Å². The highest BCUT2D eigenvalue weighted by molar-refractivity contribution is 6.34. The molecule has 4 heterocycles. The highest BCUT2D eigenvalue weighted by atomic mass is 35.5. The van der Waals surface area contributed by atoms with Crippen LogP contribution in [0, 0.1) is 12.7 Å². The third-order valence-electron chi connectivity index (χ3n) is 7.55. The first-order chi connectivity index (χ1) is 20.9. The number of amides is 1. The van der Waals surface area contributed by atoms with Gasteiger partial charge in [0.25, 0.3) is 0 Å². The highest BCUT2D eigenvalue weighted by Gasteiger charge is 2.30. The summed E-state index contributed by atoms with van der Waals surface area (Å²) in [4.78, 5) is 44.0. The molecule has 1 aliphatic rings. The van der Waals surface area contributed by atoms with Crippen LogP contribution in [0.2, 0.25) is 5.02 Å². The second-order valence-electron chi connectivity index (χ2n) is 10.6. The van der Waals surface area contributed by atoms with E-state index in [2.05, 4.69) is 16.5 Å². The van der Waals surface area contributed by atoms with Crippen molar-refractivity contribution < 1.29 is 11.9 Å². The zero-order valence-corrected chi connectivity index (χ0v) is 24.6. The minimum absolute atomic E-state index is 0.00525. The van der Waals surface area contributed by atoms with Crippen LogP contribution < -0.4 is 10.6 Å². The molecule has 1 atom stereocenters. The number of benzene rings is 1. The molecule has 0 radical (unpaired) electrons. The number of aryl methyl sites for hydroxylation is 1. The Morgan fingerprint density at radius 2 is 2.07 bits per heavy atom. The summed E-state index contributed by atoms with van der Waals surface area (Å²) < 4.78 is 32.2. The Hall–Kier alpha value is -4.37. The van der Waals surface area contributed by atoms with E-state index in [9.17, 15) is 9.59 Å². The Balaban J connectivity index is 1.86. The van der Waals surface area contributed by atoms with Crippen LogP contribution in [0.25, 0.3) is 34.1 Å². The second kappa shape index (κ2) is 11.5. The van der Waals surface area contributed by atoms with Crippen molar-refractivity contribution in [2.24, 2.45) is 0 Å². The van der Waals surface area contributed by atoms with Crippen LogP contribution in [-0.4, -0.2) is 56.0 Å². The van der Waals surface area contributed by atoms with E-state index in [1.807, 2.05) is 32.6 Å². The van der Waals surface area contributed by atoms with Crippen molar-refractivity contribution in [1.82, 2.24) is 24.4 Å². The lowest BCUT2D eigenvalue weighted by Gasteiger charge is -2.40. The van der Waals surface area contributed by atoms with E-state index in [0.717, 1.165) is 5.56 Å². The molecule has 42 heavy (non-hydrogen) atoms. The van der Waals surface area contributed by atoms with Gasteiger partial charge in [-0.25, -0.2) is 18.7 Å². The van der Waals surface area contributed by atoms with Gasteiger partial charge in [0, 0.05) is 37.4 Å². The van der Waals surface area contributed by atoms with Gasteiger partial charge in [0.05, 0.1) is 30.2 Å². The maximum absolute atomic E-state index is 15.5. The van der Waals surface area contributed by atoms with Crippen molar-refractivity contribution in [2.75, 3.05) is 24.5 Å². The predicted octanol–water partition coefficient (Wildman–Crippen LogP) is 5.93. The lowest BCUT2D eigenvalue weighted by atomic mass is 10.0. The third-order valence-corrected chi connectivity index (χ3v) is 7.84. The summed E-state index contributed by atoms with van der Waals surface area (Å²) in [7, 11) is 0. The summed E-state index contributed by atoms with van der Waals surface area (Å²) in [6, 6.07) is 7.51. The normalized spacial score (nSPS) is 15.9. The highest BCUT2D eigenvalue weighted by Crippen LogP contribution is 2.37. The molecule has 0 bridgehead atoms. The molecular weight excluding hydrogens is 557 g/mol. The topological polar surface area (TPSA) is 84.2 Å². The average molecular weight is 591 g/mol. The van der Waals surface area contributed by atoms with Gasteiger partial charge in [-0.15, -0.1) is 0 Å². The van der Waals surface area contributed by atoms with Gasteiger partial charge >= 0.3 is 5.69 Å². The molecule has 1 aromatic carbocycles. The van der Waals surface area contributed by atoms with Gasteiger partial charge in [-0.2, -0.15) is 4.98 Å². The van der Waals surface area contributed by atoms with Gasteiger partial charge in [0.15, 0.2) is 5.65 Å². The van der Waals surface area contributed by atoms with Crippen LogP contribution in [0.15, 0.2) is 60.5 Å². The molecule has 0 saturated carbocycles. The summed E-state index contributed by atoms with van der Waals surface area (Å²) in [5, 5.41) is 0.559. The van der Waals surface area contributed by atoms with Crippen molar-refractivity contribution in [2.45, 2.75) is 39.7 Å². The minimum Gasteiger partial charge on any atom is -0.350 e. The molecule has 3 aromatic heterocycles. The number of anilines is 1. The van der Waals surface area contributed by atoms with Gasteiger partial charge in [-0.05, 0) is 55.2 Å². The summed E-state index contributed by atoms with van der Waals surface area (Å²) in [6.45, 7) is 12.0. The fraction of sp³-hybridized carbons (Fsp3) is 0.281. The molecule has 0 spiro atoms. The van der Waals surface area contributed by atoms with Crippen LogP contribution in [0.3, 0.4) is 0 Å². The molecule has 10 heteroatoms. The van der Waals surface area contributed by atoms with Crippen LogP contribution in [-0.2, 0) is 4.79 Å².